The van der Waals surface area contributed by atoms with Gasteiger partial charge in [-0.1, -0.05) is 0 Å². The Bertz CT molecular complexity index is 162. The van der Waals surface area contributed by atoms with Crippen molar-refractivity contribution in [2.45, 2.75) is 13.8 Å². The largest absolute Gasteiger partial charge is 0.463 e. The Balaban J connectivity index is 3.93. The third kappa shape index (κ3) is 3.36. The predicted molar refractivity (Wildman–Crippen MR) is 38.0 cm³/mol. The number of hydrogen-bond acceptors (Lipinski definition) is 3. The van der Waals surface area contributed by atoms with Gasteiger partial charge in [-0.2, -0.15) is 0 Å². The minimum absolute atomic E-state index is 0.163. The molecule has 0 bridgehead atoms. The molecule has 10 heavy (non-hydrogen) atoms. The van der Waals surface area contributed by atoms with Crippen molar-refractivity contribution in [2.24, 2.45) is 0 Å². The van der Waals surface area contributed by atoms with Gasteiger partial charge in [-0.15, -0.1) is 0 Å². The van der Waals surface area contributed by atoms with Gasteiger partial charge in [-0.25, -0.2) is 4.79 Å². The van der Waals surface area contributed by atoms with Crippen molar-refractivity contribution in [2.75, 3.05) is 6.61 Å². The fourth-order valence-electron chi connectivity index (χ4n) is 0.377. The SMILES string of the molecule is CCOC(=O)C(C)=CP=O. The van der Waals surface area contributed by atoms with Crippen LogP contribution in [0.5, 0.6) is 0 Å². The van der Waals surface area contributed by atoms with Crippen LogP contribution in [0.4, 0.5) is 0 Å². The lowest BCUT2D eigenvalue weighted by Crippen LogP contribution is -2.04. The highest BCUT2D eigenvalue weighted by Crippen LogP contribution is 2.03. The maximum Gasteiger partial charge on any atom is 0.334 e. The highest BCUT2D eigenvalue weighted by atomic mass is 31.1. The van der Waals surface area contributed by atoms with E-state index in [9.17, 15) is 9.36 Å². The topological polar surface area (TPSA) is 43.4 Å². The van der Waals surface area contributed by atoms with Gasteiger partial charge in [0.2, 0.25) is 0 Å². The Hall–Kier alpha value is -0.690. The van der Waals surface area contributed by atoms with Crippen LogP contribution in [0.2, 0.25) is 0 Å². The molecule has 0 unspecified atom stereocenters. The van der Waals surface area contributed by atoms with Crippen LogP contribution >= 0.6 is 8.46 Å². The summed E-state index contributed by atoms with van der Waals surface area (Å²) in [5, 5.41) is 0. The second-order valence-corrected chi connectivity index (χ2v) is 2.11. The van der Waals surface area contributed by atoms with Gasteiger partial charge in [0.05, 0.1) is 6.61 Å². The van der Waals surface area contributed by atoms with E-state index >= 15 is 0 Å². The summed E-state index contributed by atoms with van der Waals surface area (Å²) in [4.78, 5) is 10.7. The molecule has 56 valence electrons. The molecule has 0 aliphatic rings. The Morgan fingerprint density at radius 2 is 2.30 bits per heavy atom. The van der Waals surface area contributed by atoms with Gasteiger partial charge >= 0.3 is 5.97 Å². The first-order chi connectivity index (χ1) is 4.72. The van der Waals surface area contributed by atoms with Crippen LogP contribution in [0.25, 0.3) is 0 Å². The number of carbonyl (C=O) groups is 1. The van der Waals surface area contributed by atoms with E-state index in [0.717, 1.165) is 0 Å². The van der Waals surface area contributed by atoms with Crippen LogP contribution in [0.3, 0.4) is 0 Å². The number of carbonyl (C=O) groups excluding carboxylic acids is 1. The molecular formula is C6H9O3P. The van der Waals surface area contributed by atoms with Gasteiger partial charge in [0, 0.05) is 11.4 Å². The average molecular weight is 160 g/mol. The standard InChI is InChI=1S/C6H9O3P/c1-3-9-6(7)5(2)4-10-8/h4H,3H2,1-2H3. The van der Waals surface area contributed by atoms with Gasteiger partial charge in [-0.3, -0.25) is 4.57 Å². The molecule has 0 fully saturated rings. The first kappa shape index (κ1) is 9.31. The van der Waals surface area contributed by atoms with E-state index in [1.807, 2.05) is 0 Å². The molecule has 0 radical (unpaired) electrons. The van der Waals surface area contributed by atoms with Crippen LogP contribution in [0.1, 0.15) is 13.8 Å². The molecule has 0 rings (SSSR count). The van der Waals surface area contributed by atoms with Gasteiger partial charge in [0.15, 0.2) is 8.46 Å². The zero-order valence-electron chi connectivity index (χ0n) is 5.96. The van der Waals surface area contributed by atoms with Gasteiger partial charge in [-0.05, 0) is 13.8 Å². The fourth-order valence-corrected chi connectivity index (χ4v) is 0.640. The van der Waals surface area contributed by atoms with Crippen molar-refractivity contribution in [3.63, 3.8) is 0 Å². The molecule has 0 N–H and O–H groups in total. The third-order valence-corrected chi connectivity index (χ3v) is 1.34. The smallest absolute Gasteiger partial charge is 0.334 e. The Morgan fingerprint density at radius 1 is 1.70 bits per heavy atom. The van der Waals surface area contributed by atoms with Crippen molar-refractivity contribution in [3.8, 4) is 0 Å². The molecular weight excluding hydrogens is 151 g/mol. The van der Waals surface area contributed by atoms with E-state index in [4.69, 9.17) is 0 Å². The van der Waals surface area contributed by atoms with Crippen molar-refractivity contribution in [1.82, 2.24) is 0 Å². The minimum atomic E-state index is -0.411. The molecule has 4 heteroatoms. The third-order valence-electron chi connectivity index (χ3n) is 0.844. The second kappa shape index (κ2) is 5.12. The molecule has 0 aromatic heterocycles. The predicted octanol–water partition coefficient (Wildman–Crippen LogP) is 1.75. The normalized spacial score (nSPS) is 11.6. The van der Waals surface area contributed by atoms with E-state index < -0.39 is 5.97 Å². The molecule has 0 spiro atoms. The summed E-state index contributed by atoms with van der Waals surface area (Å²) in [5.74, 6) is 0.865. The van der Waals surface area contributed by atoms with E-state index in [1.165, 1.54) is 5.82 Å². The summed E-state index contributed by atoms with van der Waals surface area (Å²) < 4.78 is 14.5. The summed E-state index contributed by atoms with van der Waals surface area (Å²) in [5.41, 5.74) is 0.374. The summed E-state index contributed by atoms with van der Waals surface area (Å²) in [7, 11) is -0.163. The fraction of sp³-hybridized carbons (Fsp3) is 0.500. The summed E-state index contributed by atoms with van der Waals surface area (Å²) in [6.45, 7) is 3.63. The monoisotopic (exact) mass is 160 g/mol. The lowest BCUT2D eigenvalue weighted by molar-refractivity contribution is -0.138. The number of rotatable bonds is 3. The van der Waals surface area contributed by atoms with E-state index in [0.29, 0.717) is 12.2 Å². The van der Waals surface area contributed by atoms with Crippen molar-refractivity contribution >= 4 is 14.4 Å². The van der Waals surface area contributed by atoms with Crippen LogP contribution in [0, 0.1) is 0 Å². The van der Waals surface area contributed by atoms with Crippen LogP contribution in [-0.4, -0.2) is 12.6 Å². The molecule has 0 aliphatic carbocycles. The summed E-state index contributed by atoms with van der Waals surface area (Å²) in [6, 6.07) is 0. The quantitative estimate of drug-likeness (QED) is 0.359. The molecule has 0 saturated heterocycles. The maximum absolute atomic E-state index is 10.7. The molecule has 3 nitrogen and oxygen atoms in total. The van der Waals surface area contributed by atoms with Crippen LogP contribution < -0.4 is 0 Å². The molecule has 0 atom stereocenters. The Morgan fingerprint density at radius 3 is 2.70 bits per heavy atom. The highest BCUT2D eigenvalue weighted by molar-refractivity contribution is 7.27. The van der Waals surface area contributed by atoms with E-state index in [-0.39, 0.29) is 8.46 Å². The van der Waals surface area contributed by atoms with Crippen molar-refractivity contribution in [3.05, 3.63) is 11.4 Å². The highest BCUT2D eigenvalue weighted by Gasteiger charge is 2.02. The first-order valence-electron chi connectivity index (χ1n) is 2.88. The molecule has 0 aromatic rings. The van der Waals surface area contributed by atoms with Crippen molar-refractivity contribution < 1.29 is 14.1 Å². The molecule has 0 aromatic carbocycles. The summed E-state index contributed by atoms with van der Waals surface area (Å²) >= 11 is 0. The van der Waals surface area contributed by atoms with Gasteiger partial charge in [0.25, 0.3) is 0 Å². The zero-order valence-corrected chi connectivity index (χ0v) is 6.85. The van der Waals surface area contributed by atoms with Crippen LogP contribution in [0.15, 0.2) is 11.4 Å². The second-order valence-electron chi connectivity index (χ2n) is 1.64. The van der Waals surface area contributed by atoms with Crippen molar-refractivity contribution in [1.29, 1.82) is 0 Å². The number of ether oxygens (including phenoxy) is 1. The summed E-state index contributed by atoms with van der Waals surface area (Å²) in [6.07, 6.45) is 0. The van der Waals surface area contributed by atoms with E-state index in [1.54, 1.807) is 13.8 Å². The van der Waals surface area contributed by atoms with Crippen LogP contribution in [-0.2, 0) is 14.1 Å². The minimum Gasteiger partial charge on any atom is -0.463 e. The number of esters is 1. The molecule has 0 aliphatic heterocycles. The Labute approximate surface area is 61.3 Å². The lowest BCUT2D eigenvalue weighted by atomic mass is 10.4. The first-order valence-corrected chi connectivity index (χ1v) is 3.77. The molecule has 0 amide bonds. The van der Waals surface area contributed by atoms with Gasteiger partial charge < -0.3 is 4.74 Å². The molecule has 0 heterocycles. The maximum atomic E-state index is 10.7. The Kier molecular flexibility index (Phi) is 4.77. The molecule has 0 saturated carbocycles. The lowest BCUT2D eigenvalue weighted by Gasteiger charge is -1.97. The van der Waals surface area contributed by atoms with E-state index in [2.05, 4.69) is 4.74 Å². The number of hydrogen-bond donors (Lipinski definition) is 0. The van der Waals surface area contributed by atoms with Gasteiger partial charge in [0.1, 0.15) is 0 Å². The average Bonchev–Trinajstić information content (AvgIpc) is 1.89. The zero-order chi connectivity index (χ0) is 7.98.